The van der Waals surface area contributed by atoms with Crippen LogP contribution in [0.5, 0.6) is 0 Å². The van der Waals surface area contributed by atoms with Gasteiger partial charge < -0.3 is 21.5 Å². The Bertz CT molecular complexity index is 398. The van der Waals surface area contributed by atoms with E-state index in [0.717, 1.165) is 25.7 Å². The second kappa shape index (κ2) is 6.11. The van der Waals surface area contributed by atoms with Crippen molar-refractivity contribution in [2.75, 3.05) is 0 Å². The predicted molar refractivity (Wildman–Crippen MR) is 73.0 cm³/mol. The molecule has 1 rings (SSSR count). The average molecular weight is 285 g/mol. The summed E-state index contributed by atoms with van der Waals surface area (Å²) >= 11 is 0. The molecule has 0 aromatic rings. The molecule has 0 aliphatic heterocycles. The summed E-state index contributed by atoms with van der Waals surface area (Å²) in [6.45, 7) is 2.94. The zero-order valence-corrected chi connectivity index (χ0v) is 12.0. The highest BCUT2D eigenvalue weighted by molar-refractivity contribution is 5.91. The lowest BCUT2D eigenvalue weighted by molar-refractivity contribution is -0.145. The highest BCUT2D eigenvalue weighted by Crippen LogP contribution is 2.27. The Morgan fingerprint density at radius 2 is 1.60 bits per heavy atom. The molecule has 0 unspecified atom stereocenters. The number of primary amides is 1. The summed E-state index contributed by atoms with van der Waals surface area (Å²) in [5.41, 5.74) is 2.69. The molecule has 0 bridgehead atoms. The molecule has 0 saturated heterocycles. The van der Waals surface area contributed by atoms with Crippen molar-refractivity contribution in [1.82, 2.24) is 10.6 Å². The smallest absolute Gasteiger partial charge is 0.329 e. The molecular weight excluding hydrogens is 262 g/mol. The Hall–Kier alpha value is -1.79. The molecule has 1 saturated carbocycles. The number of carboxylic acids is 1. The van der Waals surface area contributed by atoms with Gasteiger partial charge in [0.05, 0.1) is 0 Å². The van der Waals surface area contributed by atoms with E-state index < -0.39 is 29.0 Å². The van der Waals surface area contributed by atoms with Crippen molar-refractivity contribution in [3.63, 3.8) is 0 Å². The Kier molecular flexibility index (Phi) is 4.97. The van der Waals surface area contributed by atoms with Crippen LogP contribution in [-0.2, 0) is 9.59 Å². The van der Waals surface area contributed by atoms with Gasteiger partial charge in [0.2, 0.25) is 5.91 Å². The van der Waals surface area contributed by atoms with Crippen LogP contribution in [0.15, 0.2) is 0 Å². The highest BCUT2D eigenvalue weighted by atomic mass is 16.4. The van der Waals surface area contributed by atoms with Crippen molar-refractivity contribution in [1.29, 1.82) is 0 Å². The summed E-state index contributed by atoms with van der Waals surface area (Å²) in [5, 5.41) is 14.4. The van der Waals surface area contributed by atoms with E-state index in [1.807, 2.05) is 0 Å². The van der Waals surface area contributed by atoms with Gasteiger partial charge in [0, 0.05) is 0 Å². The number of amides is 3. The zero-order valence-electron chi connectivity index (χ0n) is 12.0. The Balaban J connectivity index is 2.78. The first-order chi connectivity index (χ1) is 9.19. The molecule has 0 heterocycles. The van der Waals surface area contributed by atoms with Crippen molar-refractivity contribution < 1.29 is 19.5 Å². The summed E-state index contributed by atoms with van der Waals surface area (Å²) in [6.07, 6.45) is 4.23. The molecule has 5 N–H and O–H groups in total. The maximum atomic E-state index is 12.0. The van der Waals surface area contributed by atoms with E-state index in [0.29, 0.717) is 12.8 Å². The summed E-state index contributed by atoms with van der Waals surface area (Å²) in [4.78, 5) is 34.7. The Morgan fingerprint density at radius 3 is 2.00 bits per heavy atom. The van der Waals surface area contributed by atoms with Crippen LogP contribution in [0.1, 0.15) is 52.4 Å². The average Bonchev–Trinajstić information content (AvgIpc) is 2.54. The van der Waals surface area contributed by atoms with Gasteiger partial charge in [-0.2, -0.15) is 0 Å². The molecule has 3 amide bonds. The van der Waals surface area contributed by atoms with Crippen molar-refractivity contribution in [3.05, 3.63) is 0 Å². The van der Waals surface area contributed by atoms with Crippen LogP contribution < -0.4 is 16.4 Å². The standard InChI is InChI=1S/C13H23N3O4/c1-12(2,9(14)17)15-11(20)16-13(10(18)19)7-5-3-4-6-8-13/h3-8H2,1-2H3,(H2,14,17)(H,18,19)(H2,15,16,20). The lowest BCUT2D eigenvalue weighted by atomic mass is 9.90. The van der Waals surface area contributed by atoms with Crippen LogP contribution in [-0.4, -0.2) is 34.1 Å². The second-order valence-electron chi connectivity index (χ2n) is 5.87. The Labute approximate surface area is 118 Å². The van der Waals surface area contributed by atoms with E-state index in [-0.39, 0.29) is 0 Å². The minimum Gasteiger partial charge on any atom is -0.480 e. The number of nitrogens with one attached hydrogen (secondary N) is 2. The molecule has 1 aliphatic carbocycles. The van der Waals surface area contributed by atoms with Crippen LogP contribution in [0.3, 0.4) is 0 Å². The van der Waals surface area contributed by atoms with Gasteiger partial charge in [-0.3, -0.25) is 4.79 Å². The first kappa shape index (κ1) is 16.3. The normalized spacial score (nSPS) is 18.7. The molecule has 1 fully saturated rings. The molecule has 1 aliphatic rings. The number of nitrogens with two attached hydrogens (primary N) is 1. The van der Waals surface area contributed by atoms with Gasteiger partial charge in [-0.1, -0.05) is 25.7 Å². The number of carboxylic acid groups (broad SMARTS) is 1. The largest absolute Gasteiger partial charge is 0.480 e. The maximum absolute atomic E-state index is 12.0. The van der Waals surface area contributed by atoms with Gasteiger partial charge >= 0.3 is 12.0 Å². The number of rotatable bonds is 4. The number of hydrogen-bond donors (Lipinski definition) is 4. The van der Waals surface area contributed by atoms with E-state index in [9.17, 15) is 19.5 Å². The van der Waals surface area contributed by atoms with E-state index in [2.05, 4.69) is 10.6 Å². The number of hydrogen-bond acceptors (Lipinski definition) is 3. The van der Waals surface area contributed by atoms with Crippen molar-refractivity contribution in [2.24, 2.45) is 5.73 Å². The van der Waals surface area contributed by atoms with Gasteiger partial charge in [0.25, 0.3) is 0 Å². The van der Waals surface area contributed by atoms with Crippen LogP contribution >= 0.6 is 0 Å². The number of urea groups is 1. The second-order valence-corrected chi connectivity index (χ2v) is 5.87. The third-order valence-electron chi connectivity index (χ3n) is 3.76. The number of carbonyl (C=O) groups is 3. The van der Waals surface area contributed by atoms with Gasteiger partial charge in [0.1, 0.15) is 11.1 Å². The zero-order chi connectivity index (χ0) is 15.4. The fourth-order valence-electron chi connectivity index (χ4n) is 2.32. The summed E-state index contributed by atoms with van der Waals surface area (Å²) in [6, 6.07) is -0.682. The SMILES string of the molecule is CC(C)(NC(=O)NC1(C(=O)O)CCCCCC1)C(N)=O. The third kappa shape index (κ3) is 3.85. The molecule has 0 aromatic carbocycles. The molecule has 0 atom stereocenters. The van der Waals surface area contributed by atoms with Crippen molar-refractivity contribution in [2.45, 2.75) is 63.5 Å². The van der Waals surface area contributed by atoms with Crippen LogP contribution in [0.2, 0.25) is 0 Å². The number of aliphatic carboxylic acids is 1. The first-order valence-corrected chi connectivity index (χ1v) is 6.83. The fraction of sp³-hybridized carbons (Fsp3) is 0.769. The molecule has 7 nitrogen and oxygen atoms in total. The van der Waals surface area contributed by atoms with E-state index in [1.54, 1.807) is 0 Å². The van der Waals surface area contributed by atoms with Crippen LogP contribution in [0.4, 0.5) is 4.79 Å². The van der Waals surface area contributed by atoms with E-state index in [4.69, 9.17) is 5.73 Å². The molecule has 0 spiro atoms. The van der Waals surface area contributed by atoms with Gasteiger partial charge in [-0.15, -0.1) is 0 Å². The molecule has 7 heteroatoms. The van der Waals surface area contributed by atoms with E-state index >= 15 is 0 Å². The predicted octanol–water partition coefficient (Wildman–Crippen LogP) is 0.727. The van der Waals surface area contributed by atoms with Gasteiger partial charge in [-0.05, 0) is 26.7 Å². The third-order valence-corrected chi connectivity index (χ3v) is 3.76. The first-order valence-electron chi connectivity index (χ1n) is 6.83. The monoisotopic (exact) mass is 285 g/mol. The summed E-state index contributed by atoms with van der Waals surface area (Å²) < 4.78 is 0. The van der Waals surface area contributed by atoms with Crippen molar-refractivity contribution >= 4 is 17.9 Å². The van der Waals surface area contributed by atoms with E-state index in [1.165, 1.54) is 13.8 Å². The number of carbonyl (C=O) groups excluding carboxylic acids is 2. The summed E-state index contributed by atoms with van der Waals surface area (Å²) in [7, 11) is 0. The fourth-order valence-corrected chi connectivity index (χ4v) is 2.32. The molecule has 114 valence electrons. The molecule has 0 radical (unpaired) electrons. The van der Waals surface area contributed by atoms with Crippen LogP contribution in [0, 0.1) is 0 Å². The molecule has 0 aromatic heterocycles. The Morgan fingerprint density at radius 1 is 1.10 bits per heavy atom. The van der Waals surface area contributed by atoms with Gasteiger partial charge in [0.15, 0.2) is 0 Å². The maximum Gasteiger partial charge on any atom is 0.329 e. The highest BCUT2D eigenvalue weighted by Gasteiger charge is 2.41. The van der Waals surface area contributed by atoms with Crippen LogP contribution in [0.25, 0.3) is 0 Å². The molecule has 20 heavy (non-hydrogen) atoms. The van der Waals surface area contributed by atoms with Crippen molar-refractivity contribution in [3.8, 4) is 0 Å². The summed E-state index contributed by atoms with van der Waals surface area (Å²) in [5.74, 6) is -1.72. The lowest BCUT2D eigenvalue weighted by Gasteiger charge is -2.31. The quantitative estimate of drug-likeness (QED) is 0.569. The molecular formula is C13H23N3O4. The van der Waals surface area contributed by atoms with Gasteiger partial charge in [-0.25, -0.2) is 9.59 Å². The minimum atomic E-state index is -1.26. The minimum absolute atomic E-state index is 0.396. The lowest BCUT2D eigenvalue weighted by Crippen LogP contribution is -2.62. The topological polar surface area (TPSA) is 122 Å².